The van der Waals surface area contributed by atoms with E-state index in [0.29, 0.717) is 11.5 Å². The summed E-state index contributed by atoms with van der Waals surface area (Å²) in [5.74, 6) is 0.285. The number of halogens is 1. The lowest BCUT2D eigenvalue weighted by molar-refractivity contribution is 0.0683. The van der Waals surface area contributed by atoms with E-state index in [4.69, 9.17) is 0 Å². The Balaban J connectivity index is 2.09. The van der Waals surface area contributed by atoms with Crippen molar-refractivity contribution in [1.29, 1.82) is 0 Å². The van der Waals surface area contributed by atoms with Gasteiger partial charge in [-0.25, -0.2) is 4.39 Å². The molecule has 0 spiro atoms. The smallest absolute Gasteiger partial charge is 0.253 e. The van der Waals surface area contributed by atoms with Crippen LogP contribution in [0.5, 0.6) is 0 Å². The van der Waals surface area contributed by atoms with E-state index in [9.17, 15) is 9.18 Å². The lowest BCUT2D eigenvalue weighted by Crippen LogP contribution is -2.39. The molecule has 1 aromatic rings. The normalized spacial score (nSPS) is 20.9. The Hall–Kier alpha value is -1.38. The molecule has 1 heterocycles. The van der Waals surface area contributed by atoms with Crippen molar-refractivity contribution in [2.75, 3.05) is 13.1 Å². The third kappa shape index (κ3) is 2.40. The minimum Gasteiger partial charge on any atom is -0.338 e. The molecule has 1 atom stereocenters. The Morgan fingerprint density at radius 3 is 2.69 bits per heavy atom. The average molecular weight is 221 g/mol. The zero-order chi connectivity index (χ0) is 11.5. The first-order valence-electron chi connectivity index (χ1n) is 5.71. The first kappa shape index (κ1) is 11.1. The highest BCUT2D eigenvalue weighted by Crippen LogP contribution is 2.17. The van der Waals surface area contributed by atoms with Crippen LogP contribution in [-0.2, 0) is 0 Å². The minimum atomic E-state index is -0.302. The van der Waals surface area contributed by atoms with E-state index >= 15 is 0 Å². The van der Waals surface area contributed by atoms with E-state index < -0.39 is 0 Å². The van der Waals surface area contributed by atoms with Gasteiger partial charge in [0.25, 0.3) is 5.91 Å². The molecule has 2 rings (SSSR count). The van der Waals surface area contributed by atoms with Crippen molar-refractivity contribution in [3.63, 3.8) is 0 Å². The molecule has 0 saturated carbocycles. The quantitative estimate of drug-likeness (QED) is 0.714. The predicted molar refractivity (Wildman–Crippen MR) is 60.7 cm³/mol. The maximum Gasteiger partial charge on any atom is 0.253 e. The highest BCUT2D eigenvalue weighted by atomic mass is 19.1. The molecule has 0 N–H and O–H groups in total. The van der Waals surface area contributed by atoms with Crippen LogP contribution in [-0.4, -0.2) is 23.9 Å². The molecule has 86 valence electrons. The average Bonchev–Trinajstić information content (AvgIpc) is 2.29. The highest BCUT2D eigenvalue weighted by molar-refractivity contribution is 5.94. The van der Waals surface area contributed by atoms with Gasteiger partial charge < -0.3 is 4.90 Å². The summed E-state index contributed by atoms with van der Waals surface area (Å²) in [6.07, 6.45) is 2.25. The number of piperidine rings is 1. The number of carbonyl (C=O) groups is 1. The summed E-state index contributed by atoms with van der Waals surface area (Å²) in [5, 5.41) is 0. The van der Waals surface area contributed by atoms with E-state index in [-0.39, 0.29) is 11.7 Å². The molecule has 0 radical (unpaired) electrons. The summed E-state index contributed by atoms with van der Waals surface area (Å²) in [4.78, 5) is 13.9. The summed E-state index contributed by atoms with van der Waals surface area (Å²) in [6, 6.07) is 5.77. The second-order valence-electron chi connectivity index (χ2n) is 4.51. The first-order chi connectivity index (χ1) is 7.66. The zero-order valence-corrected chi connectivity index (χ0v) is 9.45. The number of rotatable bonds is 1. The van der Waals surface area contributed by atoms with Gasteiger partial charge in [-0.1, -0.05) is 6.92 Å². The predicted octanol–water partition coefficient (Wildman–Crippen LogP) is 2.70. The van der Waals surface area contributed by atoms with E-state index in [1.165, 1.54) is 18.6 Å². The van der Waals surface area contributed by atoms with Gasteiger partial charge in [-0.2, -0.15) is 0 Å². The SMILES string of the molecule is C[C@H]1CCCN(C(=O)c2ccc(F)cc2)C1. The molecule has 1 saturated heterocycles. The number of amides is 1. The van der Waals surface area contributed by atoms with Crippen LogP contribution in [0.25, 0.3) is 0 Å². The van der Waals surface area contributed by atoms with Gasteiger partial charge in [0, 0.05) is 18.7 Å². The molecule has 1 fully saturated rings. The molecule has 16 heavy (non-hydrogen) atoms. The fourth-order valence-corrected chi connectivity index (χ4v) is 2.15. The number of likely N-dealkylation sites (tertiary alicyclic amines) is 1. The molecule has 3 heteroatoms. The standard InChI is InChI=1S/C13H16FNO/c1-10-3-2-8-15(9-10)13(16)11-4-6-12(14)7-5-11/h4-7,10H,2-3,8-9H2,1H3/t10-/m0/s1. The Kier molecular flexibility index (Phi) is 3.22. The molecule has 1 aliphatic heterocycles. The second kappa shape index (κ2) is 4.64. The van der Waals surface area contributed by atoms with Crippen LogP contribution in [0.1, 0.15) is 30.1 Å². The van der Waals surface area contributed by atoms with Crippen LogP contribution in [0.4, 0.5) is 4.39 Å². The van der Waals surface area contributed by atoms with Gasteiger partial charge in [0.2, 0.25) is 0 Å². The largest absolute Gasteiger partial charge is 0.338 e. The summed E-state index contributed by atoms with van der Waals surface area (Å²) >= 11 is 0. The fourth-order valence-electron chi connectivity index (χ4n) is 2.15. The van der Waals surface area contributed by atoms with Crippen molar-refractivity contribution in [2.24, 2.45) is 5.92 Å². The Morgan fingerprint density at radius 1 is 1.38 bits per heavy atom. The van der Waals surface area contributed by atoms with Crippen molar-refractivity contribution < 1.29 is 9.18 Å². The van der Waals surface area contributed by atoms with Crippen LogP contribution in [0.3, 0.4) is 0 Å². The summed E-state index contributed by atoms with van der Waals surface area (Å²) in [6.45, 7) is 3.79. The van der Waals surface area contributed by atoms with Gasteiger partial charge in [-0.05, 0) is 43.0 Å². The van der Waals surface area contributed by atoms with Crippen molar-refractivity contribution in [3.05, 3.63) is 35.6 Å². The van der Waals surface area contributed by atoms with Crippen LogP contribution >= 0.6 is 0 Å². The van der Waals surface area contributed by atoms with Gasteiger partial charge in [0.15, 0.2) is 0 Å². The molecule has 0 bridgehead atoms. The molecule has 1 amide bonds. The molecule has 1 aliphatic rings. The number of hydrogen-bond acceptors (Lipinski definition) is 1. The van der Waals surface area contributed by atoms with Crippen molar-refractivity contribution >= 4 is 5.91 Å². The summed E-state index contributed by atoms with van der Waals surface area (Å²) in [5.41, 5.74) is 0.579. The number of carbonyl (C=O) groups excluding carboxylic acids is 1. The van der Waals surface area contributed by atoms with Crippen LogP contribution < -0.4 is 0 Å². The summed E-state index contributed by atoms with van der Waals surface area (Å²) in [7, 11) is 0. The fraction of sp³-hybridized carbons (Fsp3) is 0.462. The number of hydrogen-bond donors (Lipinski definition) is 0. The lowest BCUT2D eigenvalue weighted by atomic mass is 9.99. The highest BCUT2D eigenvalue weighted by Gasteiger charge is 2.21. The van der Waals surface area contributed by atoms with E-state index in [0.717, 1.165) is 19.5 Å². The molecule has 1 aromatic carbocycles. The molecule has 0 aromatic heterocycles. The van der Waals surface area contributed by atoms with Crippen molar-refractivity contribution in [2.45, 2.75) is 19.8 Å². The second-order valence-corrected chi connectivity index (χ2v) is 4.51. The minimum absolute atomic E-state index is 0.0200. The number of nitrogens with zero attached hydrogens (tertiary/aromatic N) is 1. The van der Waals surface area contributed by atoms with Crippen LogP contribution in [0.15, 0.2) is 24.3 Å². The lowest BCUT2D eigenvalue weighted by Gasteiger charge is -2.31. The van der Waals surface area contributed by atoms with Gasteiger partial charge in [0.05, 0.1) is 0 Å². The maximum absolute atomic E-state index is 12.7. The number of benzene rings is 1. The zero-order valence-electron chi connectivity index (χ0n) is 9.45. The van der Waals surface area contributed by atoms with Crippen LogP contribution in [0.2, 0.25) is 0 Å². The molecule has 0 aliphatic carbocycles. The van der Waals surface area contributed by atoms with Gasteiger partial charge in [-0.3, -0.25) is 4.79 Å². The molecular weight excluding hydrogens is 205 g/mol. The molecule has 0 unspecified atom stereocenters. The Labute approximate surface area is 95.1 Å². The third-order valence-corrected chi connectivity index (χ3v) is 3.04. The molecular formula is C13H16FNO. The monoisotopic (exact) mass is 221 g/mol. The van der Waals surface area contributed by atoms with Gasteiger partial charge >= 0.3 is 0 Å². The molecule has 2 nitrogen and oxygen atoms in total. The Bertz CT molecular complexity index is 374. The maximum atomic E-state index is 12.7. The third-order valence-electron chi connectivity index (χ3n) is 3.04. The van der Waals surface area contributed by atoms with E-state index in [2.05, 4.69) is 6.92 Å². The van der Waals surface area contributed by atoms with Gasteiger partial charge in [0.1, 0.15) is 5.82 Å². The van der Waals surface area contributed by atoms with Gasteiger partial charge in [-0.15, -0.1) is 0 Å². The summed E-state index contributed by atoms with van der Waals surface area (Å²) < 4.78 is 12.7. The van der Waals surface area contributed by atoms with Crippen molar-refractivity contribution in [1.82, 2.24) is 4.90 Å². The Morgan fingerprint density at radius 2 is 2.06 bits per heavy atom. The van der Waals surface area contributed by atoms with Crippen molar-refractivity contribution in [3.8, 4) is 0 Å². The topological polar surface area (TPSA) is 20.3 Å². The van der Waals surface area contributed by atoms with E-state index in [1.807, 2.05) is 4.90 Å². The first-order valence-corrected chi connectivity index (χ1v) is 5.71. The van der Waals surface area contributed by atoms with E-state index in [1.54, 1.807) is 12.1 Å². The van der Waals surface area contributed by atoms with Crippen LogP contribution in [0, 0.1) is 11.7 Å².